The highest BCUT2D eigenvalue weighted by Gasteiger charge is 2.18. The third kappa shape index (κ3) is 5.94. The SMILES string of the molecule is CN(C)S(=O)(=O)c1ccc(NC(=O)CSc2nnc(-c3ccncc3)n2Cc2ccccc2)cc1. The molecule has 180 valence electrons. The quantitative estimate of drug-likeness (QED) is 0.345. The zero-order valence-corrected chi connectivity index (χ0v) is 20.8. The zero-order chi connectivity index (χ0) is 24.8. The number of rotatable bonds is 9. The Balaban J connectivity index is 1.47. The molecule has 0 atom stereocenters. The van der Waals surface area contributed by atoms with Gasteiger partial charge in [-0.15, -0.1) is 10.2 Å². The zero-order valence-electron chi connectivity index (χ0n) is 19.2. The Labute approximate surface area is 208 Å². The molecule has 0 saturated carbocycles. The molecule has 1 N–H and O–H groups in total. The van der Waals surface area contributed by atoms with E-state index in [0.29, 0.717) is 23.2 Å². The second-order valence-corrected chi connectivity index (χ2v) is 10.9. The Morgan fingerprint density at radius 1 is 0.971 bits per heavy atom. The second-order valence-electron chi connectivity index (χ2n) is 7.76. The van der Waals surface area contributed by atoms with Gasteiger partial charge in [0.1, 0.15) is 0 Å². The van der Waals surface area contributed by atoms with Crippen molar-refractivity contribution >= 4 is 33.4 Å². The molecule has 0 aliphatic carbocycles. The fraction of sp³-hybridized carbons (Fsp3) is 0.167. The molecular weight excluding hydrogens is 484 g/mol. The number of hydrogen-bond donors (Lipinski definition) is 1. The molecule has 0 aliphatic rings. The van der Waals surface area contributed by atoms with Crippen molar-refractivity contribution in [3.05, 3.63) is 84.7 Å². The minimum atomic E-state index is -3.53. The fourth-order valence-electron chi connectivity index (χ4n) is 3.27. The normalized spacial score (nSPS) is 11.5. The highest BCUT2D eigenvalue weighted by atomic mass is 32.2. The van der Waals surface area contributed by atoms with Gasteiger partial charge in [0.2, 0.25) is 15.9 Å². The number of carbonyl (C=O) groups excluding carboxylic acids is 1. The van der Waals surface area contributed by atoms with Gasteiger partial charge in [-0.1, -0.05) is 42.1 Å². The van der Waals surface area contributed by atoms with Crippen LogP contribution in [-0.2, 0) is 21.4 Å². The van der Waals surface area contributed by atoms with Crippen LogP contribution in [-0.4, -0.2) is 58.2 Å². The molecule has 35 heavy (non-hydrogen) atoms. The minimum absolute atomic E-state index is 0.112. The summed E-state index contributed by atoms with van der Waals surface area (Å²) in [6.07, 6.45) is 3.40. The monoisotopic (exact) mass is 508 g/mol. The molecule has 11 heteroatoms. The molecule has 2 heterocycles. The molecule has 4 rings (SSSR count). The number of anilines is 1. The van der Waals surface area contributed by atoms with Crippen LogP contribution in [0, 0.1) is 0 Å². The summed E-state index contributed by atoms with van der Waals surface area (Å²) in [5.41, 5.74) is 2.48. The minimum Gasteiger partial charge on any atom is -0.325 e. The summed E-state index contributed by atoms with van der Waals surface area (Å²) in [6.45, 7) is 0.553. The number of pyridine rings is 1. The van der Waals surface area contributed by atoms with Crippen LogP contribution in [0.5, 0.6) is 0 Å². The average molecular weight is 509 g/mol. The van der Waals surface area contributed by atoms with E-state index in [1.807, 2.05) is 47.0 Å². The molecule has 0 unspecified atom stereocenters. The maximum atomic E-state index is 12.6. The van der Waals surface area contributed by atoms with Gasteiger partial charge >= 0.3 is 0 Å². The number of benzene rings is 2. The third-order valence-corrected chi connectivity index (χ3v) is 7.88. The molecule has 0 spiro atoms. The molecule has 9 nitrogen and oxygen atoms in total. The second kappa shape index (κ2) is 10.8. The van der Waals surface area contributed by atoms with Crippen LogP contribution in [0.25, 0.3) is 11.4 Å². The first-order valence-electron chi connectivity index (χ1n) is 10.7. The Bertz CT molecular complexity index is 1390. The van der Waals surface area contributed by atoms with Crippen LogP contribution in [0.3, 0.4) is 0 Å². The first kappa shape index (κ1) is 24.6. The van der Waals surface area contributed by atoms with Gasteiger partial charge in [0, 0.05) is 37.7 Å². The highest BCUT2D eigenvalue weighted by molar-refractivity contribution is 7.99. The van der Waals surface area contributed by atoms with E-state index in [1.165, 1.54) is 38.0 Å². The molecular formula is C24H24N6O3S2. The molecule has 0 aliphatic heterocycles. The van der Waals surface area contributed by atoms with Crippen molar-refractivity contribution in [3.8, 4) is 11.4 Å². The van der Waals surface area contributed by atoms with Crippen LogP contribution in [0.1, 0.15) is 5.56 Å². The standard InChI is InChI=1S/C24H24N6O3S2/c1-29(2)35(32,33)21-10-8-20(9-11-21)26-22(31)17-34-24-28-27-23(19-12-14-25-15-13-19)30(24)16-18-6-4-3-5-7-18/h3-15H,16-17H2,1-2H3,(H,26,31). The maximum absolute atomic E-state index is 12.6. The van der Waals surface area contributed by atoms with Gasteiger partial charge in [-0.2, -0.15) is 0 Å². The van der Waals surface area contributed by atoms with Gasteiger partial charge in [0.25, 0.3) is 0 Å². The van der Waals surface area contributed by atoms with Crippen molar-refractivity contribution in [3.63, 3.8) is 0 Å². The van der Waals surface area contributed by atoms with Crippen LogP contribution in [0.15, 0.2) is 89.2 Å². The molecule has 4 aromatic rings. The summed E-state index contributed by atoms with van der Waals surface area (Å²) in [6, 6.07) is 19.8. The van der Waals surface area contributed by atoms with E-state index in [4.69, 9.17) is 0 Å². The largest absolute Gasteiger partial charge is 0.325 e. The van der Waals surface area contributed by atoms with E-state index in [9.17, 15) is 13.2 Å². The molecule has 0 saturated heterocycles. The average Bonchev–Trinajstić information content (AvgIpc) is 3.26. The van der Waals surface area contributed by atoms with Crippen molar-refractivity contribution in [1.82, 2.24) is 24.1 Å². The van der Waals surface area contributed by atoms with Gasteiger partial charge in [-0.3, -0.25) is 14.3 Å². The number of carbonyl (C=O) groups is 1. The van der Waals surface area contributed by atoms with E-state index in [0.717, 1.165) is 15.4 Å². The highest BCUT2D eigenvalue weighted by Crippen LogP contribution is 2.25. The number of sulfonamides is 1. The summed E-state index contributed by atoms with van der Waals surface area (Å²) in [5, 5.41) is 12.1. The van der Waals surface area contributed by atoms with Gasteiger partial charge in [-0.05, 0) is 42.0 Å². The summed E-state index contributed by atoms with van der Waals surface area (Å²) >= 11 is 1.28. The predicted molar refractivity (Wildman–Crippen MR) is 135 cm³/mol. The van der Waals surface area contributed by atoms with Gasteiger partial charge < -0.3 is 5.32 Å². The van der Waals surface area contributed by atoms with Gasteiger partial charge in [-0.25, -0.2) is 12.7 Å². The summed E-state index contributed by atoms with van der Waals surface area (Å²) < 4.78 is 27.5. The summed E-state index contributed by atoms with van der Waals surface area (Å²) in [7, 11) is -0.583. The van der Waals surface area contributed by atoms with Gasteiger partial charge in [0.15, 0.2) is 11.0 Å². The first-order valence-corrected chi connectivity index (χ1v) is 13.1. The van der Waals surface area contributed by atoms with Crippen molar-refractivity contribution in [2.24, 2.45) is 0 Å². The molecule has 0 bridgehead atoms. The molecule has 2 aromatic carbocycles. The van der Waals surface area contributed by atoms with Crippen molar-refractivity contribution in [2.75, 3.05) is 25.2 Å². The lowest BCUT2D eigenvalue weighted by Crippen LogP contribution is -2.22. The van der Waals surface area contributed by atoms with E-state index in [2.05, 4.69) is 20.5 Å². The topological polar surface area (TPSA) is 110 Å². The Morgan fingerprint density at radius 2 is 1.66 bits per heavy atom. The summed E-state index contributed by atoms with van der Waals surface area (Å²) in [4.78, 5) is 16.8. The first-order chi connectivity index (χ1) is 16.8. The molecule has 1 amide bonds. The van der Waals surface area contributed by atoms with Gasteiger partial charge in [0.05, 0.1) is 17.2 Å². The Hall–Kier alpha value is -3.54. The van der Waals surface area contributed by atoms with Crippen molar-refractivity contribution in [1.29, 1.82) is 0 Å². The van der Waals surface area contributed by atoms with Crippen LogP contribution in [0.4, 0.5) is 5.69 Å². The molecule has 0 fully saturated rings. The lowest BCUT2D eigenvalue weighted by Gasteiger charge is -2.12. The summed E-state index contributed by atoms with van der Waals surface area (Å²) in [5.74, 6) is 0.566. The van der Waals surface area contributed by atoms with E-state index in [1.54, 1.807) is 24.5 Å². The van der Waals surface area contributed by atoms with E-state index >= 15 is 0 Å². The van der Waals surface area contributed by atoms with E-state index < -0.39 is 10.0 Å². The molecule has 0 radical (unpaired) electrons. The third-order valence-electron chi connectivity index (χ3n) is 5.09. The Kier molecular flexibility index (Phi) is 7.59. The van der Waals surface area contributed by atoms with Crippen molar-refractivity contribution < 1.29 is 13.2 Å². The van der Waals surface area contributed by atoms with Crippen LogP contribution < -0.4 is 5.32 Å². The number of aromatic nitrogens is 4. The number of nitrogens with one attached hydrogen (secondary N) is 1. The van der Waals surface area contributed by atoms with Crippen LogP contribution in [0.2, 0.25) is 0 Å². The number of hydrogen-bond acceptors (Lipinski definition) is 7. The lowest BCUT2D eigenvalue weighted by molar-refractivity contribution is -0.113. The fourth-order valence-corrected chi connectivity index (χ4v) is 4.91. The Morgan fingerprint density at radius 3 is 2.31 bits per heavy atom. The number of nitrogens with zero attached hydrogens (tertiary/aromatic N) is 5. The van der Waals surface area contributed by atoms with Crippen LogP contribution >= 0.6 is 11.8 Å². The smallest absolute Gasteiger partial charge is 0.242 e. The number of thioether (sulfide) groups is 1. The predicted octanol–water partition coefficient (Wildman–Crippen LogP) is 3.37. The number of amides is 1. The maximum Gasteiger partial charge on any atom is 0.242 e. The van der Waals surface area contributed by atoms with E-state index in [-0.39, 0.29) is 16.6 Å². The van der Waals surface area contributed by atoms with Crippen molar-refractivity contribution in [2.45, 2.75) is 16.6 Å². The lowest BCUT2D eigenvalue weighted by atomic mass is 10.2. The molecule has 2 aromatic heterocycles.